The van der Waals surface area contributed by atoms with Crippen LogP contribution in [0.1, 0.15) is 73.0 Å². The Morgan fingerprint density at radius 3 is 2.54 bits per heavy atom. The van der Waals surface area contributed by atoms with Gasteiger partial charge in [-0.25, -0.2) is 9.97 Å². The third-order valence-corrected chi connectivity index (χ3v) is 10.7. The molecule has 5 N–H and O–H groups in total. The van der Waals surface area contributed by atoms with Crippen molar-refractivity contribution in [1.82, 2.24) is 30.8 Å². The van der Waals surface area contributed by atoms with E-state index in [9.17, 15) is 24.0 Å². The summed E-state index contributed by atoms with van der Waals surface area (Å²) in [6.07, 6.45) is 7.86. The number of nitrogens with zero attached hydrogens (tertiary/aromatic N) is 3. The Morgan fingerprint density at radius 2 is 1.76 bits per heavy atom. The lowest BCUT2D eigenvalue weighted by molar-refractivity contribution is -0.137. The molecule has 1 aromatic carbocycles. The molecule has 1 unspecified atom stereocenters. The number of hydrogen-bond donors (Lipinski definition) is 5. The van der Waals surface area contributed by atoms with Gasteiger partial charge >= 0.3 is 0 Å². The number of amides is 5. The summed E-state index contributed by atoms with van der Waals surface area (Å²) in [5.41, 5.74) is 2.05. The molecular formula is C38H48N8O7S. The van der Waals surface area contributed by atoms with E-state index in [4.69, 9.17) is 14.5 Å². The normalized spacial score (nSPS) is 17.9. The number of anilines is 3. The van der Waals surface area contributed by atoms with Crippen LogP contribution < -0.4 is 26.6 Å². The van der Waals surface area contributed by atoms with Gasteiger partial charge in [0.1, 0.15) is 11.9 Å². The highest BCUT2D eigenvalue weighted by atomic mass is 32.1. The van der Waals surface area contributed by atoms with Crippen LogP contribution in [0, 0.1) is 5.41 Å². The number of imide groups is 1. The van der Waals surface area contributed by atoms with Crippen molar-refractivity contribution in [2.75, 3.05) is 56.7 Å². The number of fused-ring (bicyclic) bond motifs is 1. The van der Waals surface area contributed by atoms with Gasteiger partial charge < -0.3 is 35.6 Å². The molecule has 0 bridgehead atoms. The first kappa shape index (κ1) is 38.9. The van der Waals surface area contributed by atoms with E-state index in [-0.39, 0.29) is 49.4 Å². The summed E-state index contributed by atoms with van der Waals surface area (Å²) in [7, 11) is 0. The second-order valence-corrected chi connectivity index (χ2v) is 14.6. The van der Waals surface area contributed by atoms with Gasteiger partial charge in [0.15, 0.2) is 5.13 Å². The van der Waals surface area contributed by atoms with Crippen LogP contribution in [0.4, 0.5) is 16.6 Å². The minimum absolute atomic E-state index is 0.0566. The van der Waals surface area contributed by atoms with E-state index < -0.39 is 17.4 Å². The van der Waals surface area contributed by atoms with Gasteiger partial charge in [0.2, 0.25) is 23.6 Å². The molecule has 54 heavy (non-hydrogen) atoms. The van der Waals surface area contributed by atoms with E-state index >= 15 is 0 Å². The molecule has 0 spiro atoms. The number of pyridine rings is 1. The molecule has 0 radical (unpaired) electrons. The van der Waals surface area contributed by atoms with E-state index in [1.165, 1.54) is 16.2 Å². The number of rotatable bonds is 19. The van der Waals surface area contributed by atoms with Crippen molar-refractivity contribution >= 4 is 57.5 Å². The summed E-state index contributed by atoms with van der Waals surface area (Å²) in [4.78, 5) is 73.6. The van der Waals surface area contributed by atoms with Gasteiger partial charge in [0.05, 0.1) is 31.8 Å². The molecule has 2 aromatic heterocycles. The Kier molecular flexibility index (Phi) is 13.7. The van der Waals surface area contributed by atoms with Crippen molar-refractivity contribution in [3.8, 4) is 0 Å². The zero-order valence-corrected chi connectivity index (χ0v) is 31.1. The molecule has 6 rings (SSSR count). The Labute approximate surface area is 318 Å². The summed E-state index contributed by atoms with van der Waals surface area (Å²) in [6, 6.07) is 10.3. The number of nitrogens with one attached hydrogen (secondary N) is 5. The largest absolute Gasteiger partial charge is 0.378 e. The van der Waals surface area contributed by atoms with E-state index in [0.29, 0.717) is 69.3 Å². The summed E-state index contributed by atoms with van der Waals surface area (Å²) in [5, 5.41) is 17.4. The predicted molar refractivity (Wildman–Crippen MR) is 202 cm³/mol. The average Bonchev–Trinajstić information content (AvgIpc) is 3.80. The monoisotopic (exact) mass is 760 g/mol. The first-order chi connectivity index (χ1) is 26.3. The minimum atomic E-state index is -0.715. The predicted octanol–water partition coefficient (Wildman–Crippen LogP) is 3.30. The van der Waals surface area contributed by atoms with Crippen molar-refractivity contribution in [3.63, 3.8) is 0 Å². The van der Waals surface area contributed by atoms with Crippen molar-refractivity contribution in [2.24, 2.45) is 5.41 Å². The molecule has 3 aliphatic rings. The van der Waals surface area contributed by atoms with Gasteiger partial charge in [0.25, 0.3) is 5.91 Å². The fourth-order valence-electron chi connectivity index (χ4n) is 7.23. The molecule has 1 saturated heterocycles. The molecule has 4 heterocycles. The number of ether oxygens (including phenoxy) is 2. The van der Waals surface area contributed by atoms with Crippen LogP contribution in [0.15, 0.2) is 48.0 Å². The molecule has 5 amide bonds. The van der Waals surface area contributed by atoms with E-state index in [2.05, 4.69) is 31.6 Å². The van der Waals surface area contributed by atoms with Crippen LogP contribution in [0.3, 0.4) is 0 Å². The van der Waals surface area contributed by atoms with Gasteiger partial charge in [-0.15, -0.1) is 11.3 Å². The van der Waals surface area contributed by atoms with Crippen LogP contribution in [-0.4, -0.2) is 96.5 Å². The first-order valence-electron chi connectivity index (χ1n) is 18.6. The van der Waals surface area contributed by atoms with Crippen LogP contribution in [-0.2, 0) is 41.6 Å². The van der Waals surface area contributed by atoms with Crippen LogP contribution >= 0.6 is 11.3 Å². The van der Waals surface area contributed by atoms with Crippen molar-refractivity contribution in [1.29, 1.82) is 0 Å². The number of thiazole rings is 1. The van der Waals surface area contributed by atoms with E-state index in [1.807, 2.05) is 23.6 Å². The van der Waals surface area contributed by atoms with Gasteiger partial charge in [-0.1, -0.05) is 31.4 Å². The standard InChI is InChI=1S/C38H48N8O7S/c47-32-11-10-30(34(49)45-32)46-25-28-27(35(46)50)7-5-8-29(28)43-33(48)12-15-39-16-19-52-21-22-53-20-17-40-36(51)38(13-2-1-3-14-38)24-26-6-4-9-31(42-26)44-37-41-18-23-54-37/h4-9,18,23,30,39H,1-3,10-17,19-22,24-25H2,(H,40,51)(H,43,48)(H,41,42,44)(H,45,47,49). The number of carbonyl (C=O) groups is 5. The summed E-state index contributed by atoms with van der Waals surface area (Å²) in [6.45, 7) is 3.24. The fourth-order valence-corrected chi connectivity index (χ4v) is 7.77. The number of hydrogen-bond acceptors (Lipinski definition) is 12. The average molecular weight is 761 g/mol. The van der Waals surface area contributed by atoms with Crippen molar-refractivity contribution in [3.05, 3.63) is 64.8 Å². The Bertz CT molecular complexity index is 1780. The molecule has 1 aliphatic carbocycles. The maximum absolute atomic E-state index is 13.5. The highest BCUT2D eigenvalue weighted by Crippen LogP contribution is 2.39. The first-order valence-corrected chi connectivity index (χ1v) is 19.5. The maximum atomic E-state index is 13.5. The third-order valence-electron chi connectivity index (χ3n) is 10.00. The molecule has 2 aliphatic heterocycles. The molecular weight excluding hydrogens is 713 g/mol. The molecule has 15 nitrogen and oxygen atoms in total. The lowest BCUT2D eigenvalue weighted by Gasteiger charge is -2.35. The number of aromatic nitrogens is 2. The molecule has 3 aromatic rings. The second-order valence-electron chi connectivity index (χ2n) is 13.8. The van der Waals surface area contributed by atoms with Crippen molar-refractivity contribution < 1.29 is 33.4 Å². The molecule has 1 atom stereocenters. The maximum Gasteiger partial charge on any atom is 0.255 e. The zero-order valence-electron chi connectivity index (χ0n) is 30.3. The Morgan fingerprint density at radius 1 is 0.963 bits per heavy atom. The van der Waals surface area contributed by atoms with Gasteiger partial charge in [-0.05, 0) is 43.5 Å². The van der Waals surface area contributed by atoms with Crippen LogP contribution in [0.25, 0.3) is 0 Å². The topological polar surface area (TPSA) is 193 Å². The Balaban J connectivity index is 0.819. The number of carbonyl (C=O) groups excluding carboxylic acids is 5. The number of piperidine rings is 1. The molecule has 16 heteroatoms. The third kappa shape index (κ3) is 10.3. The molecule has 2 fully saturated rings. The quantitative estimate of drug-likeness (QED) is 0.0890. The minimum Gasteiger partial charge on any atom is -0.378 e. The SMILES string of the molecule is O=C1CCC(N2Cc3c(NC(=O)CCNCCOCCOCCNC(=O)C4(Cc5cccc(Nc6nccs6)n5)CCCCC4)cccc3C2=O)C(=O)N1. The highest BCUT2D eigenvalue weighted by Gasteiger charge is 2.41. The number of benzene rings is 1. The second kappa shape index (κ2) is 19.0. The van der Waals surface area contributed by atoms with Gasteiger partial charge in [-0.2, -0.15) is 0 Å². The van der Waals surface area contributed by atoms with Crippen LogP contribution in [0.5, 0.6) is 0 Å². The zero-order chi connectivity index (χ0) is 37.8. The highest BCUT2D eigenvalue weighted by molar-refractivity contribution is 7.13. The van der Waals surface area contributed by atoms with Gasteiger partial charge in [0, 0.05) is 79.5 Å². The fraction of sp³-hybridized carbons (Fsp3) is 0.500. The lowest BCUT2D eigenvalue weighted by Crippen LogP contribution is -2.52. The Hall–Kier alpha value is -4.77. The summed E-state index contributed by atoms with van der Waals surface area (Å²) >= 11 is 1.51. The molecule has 288 valence electrons. The molecule has 1 saturated carbocycles. The van der Waals surface area contributed by atoms with Crippen LogP contribution in [0.2, 0.25) is 0 Å². The summed E-state index contributed by atoms with van der Waals surface area (Å²) < 4.78 is 11.3. The van der Waals surface area contributed by atoms with Gasteiger partial charge in [-0.3, -0.25) is 29.3 Å². The van der Waals surface area contributed by atoms with Crippen molar-refractivity contribution in [2.45, 2.75) is 70.4 Å². The lowest BCUT2D eigenvalue weighted by atomic mass is 9.70. The smallest absolute Gasteiger partial charge is 0.255 e. The van der Waals surface area contributed by atoms with E-state index in [1.54, 1.807) is 24.4 Å². The summed E-state index contributed by atoms with van der Waals surface area (Å²) in [5.74, 6) is -0.526. The van der Waals surface area contributed by atoms with E-state index in [0.717, 1.165) is 48.7 Å².